The standard InChI is InChI=1S/C22H14N4O2/c1-27-19-9-5-6-16-11-20(28-22(16)19)21-17(10-15(12-23)13-24)14-26(25-21)18-7-3-2-4-8-18/h2-11,14H,1H3. The number of hydrogen-bond acceptors (Lipinski definition) is 5. The number of methoxy groups -OCH3 is 1. The van der Waals surface area contributed by atoms with Crippen LogP contribution in [-0.2, 0) is 0 Å². The Morgan fingerprint density at radius 2 is 1.89 bits per heavy atom. The van der Waals surface area contributed by atoms with Crippen LogP contribution in [0.4, 0.5) is 0 Å². The summed E-state index contributed by atoms with van der Waals surface area (Å²) in [5.74, 6) is 1.15. The van der Waals surface area contributed by atoms with Gasteiger partial charge in [-0.25, -0.2) is 4.68 Å². The normalized spacial score (nSPS) is 10.2. The summed E-state index contributed by atoms with van der Waals surface area (Å²) in [6, 6.07) is 20.8. The highest BCUT2D eigenvalue weighted by atomic mass is 16.5. The summed E-state index contributed by atoms with van der Waals surface area (Å²) < 4.78 is 13.1. The van der Waals surface area contributed by atoms with Gasteiger partial charge in [-0.1, -0.05) is 30.3 Å². The molecule has 0 amide bonds. The average Bonchev–Trinajstić information content (AvgIpc) is 3.36. The minimum absolute atomic E-state index is 0.0115. The van der Waals surface area contributed by atoms with Crippen molar-refractivity contribution in [3.63, 3.8) is 0 Å². The van der Waals surface area contributed by atoms with Gasteiger partial charge in [0.15, 0.2) is 17.1 Å². The van der Waals surface area contributed by atoms with Crippen LogP contribution in [0.15, 0.2) is 70.8 Å². The highest BCUT2D eigenvalue weighted by Crippen LogP contribution is 2.35. The summed E-state index contributed by atoms with van der Waals surface area (Å²) in [7, 11) is 1.58. The van der Waals surface area contributed by atoms with E-state index in [0.29, 0.717) is 28.4 Å². The Morgan fingerprint density at radius 1 is 1.11 bits per heavy atom. The molecule has 0 spiro atoms. The number of rotatable bonds is 4. The maximum absolute atomic E-state index is 9.15. The van der Waals surface area contributed by atoms with E-state index in [-0.39, 0.29) is 5.57 Å². The number of nitriles is 2. The summed E-state index contributed by atoms with van der Waals surface area (Å²) >= 11 is 0. The fourth-order valence-electron chi connectivity index (χ4n) is 2.96. The van der Waals surface area contributed by atoms with Gasteiger partial charge >= 0.3 is 0 Å². The first-order chi connectivity index (χ1) is 13.7. The molecule has 0 radical (unpaired) electrons. The van der Waals surface area contributed by atoms with Gasteiger partial charge in [-0.15, -0.1) is 0 Å². The molecular formula is C22H14N4O2. The highest BCUT2D eigenvalue weighted by molar-refractivity contribution is 5.88. The third-order valence-corrected chi connectivity index (χ3v) is 4.27. The molecule has 28 heavy (non-hydrogen) atoms. The lowest BCUT2D eigenvalue weighted by molar-refractivity contribution is 0.411. The Morgan fingerprint density at radius 3 is 2.61 bits per heavy atom. The van der Waals surface area contributed by atoms with Crippen molar-refractivity contribution < 1.29 is 9.15 Å². The van der Waals surface area contributed by atoms with Crippen LogP contribution in [0.3, 0.4) is 0 Å². The molecule has 4 aromatic rings. The van der Waals surface area contributed by atoms with Gasteiger partial charge in [0.25, 0.3) is 0 Å². The molecule has 0 aliphatic heterocycles. The number of aromatic nitrogens is 2. The Labute approximate surface area is 161 Å². The van der Waals surface area contributed by atoms with Crippen LogP contribution >= 0.6 is 0 Å². The number of fused-ring (bicyclic) bond motifs is 1. The molecule has 0 fully saturated rings. The molecule has 134 valence electrons. The van der Waals surface area contributed by atoms with Crippen LogP contribution in [0, 0.1) is 22.7 Å². The van der Waals surface area contributed by atoms with Crippen LogP contribution in [0.1, 0.15) is 5.56 Å². The van der Waals surface area contributed by atoms with Crippen LogP contribution in [-0.4, -0.2) is 16.9 Å². The molecule has 2 aromatic carbocycles. The van der Waals surface area contributed by atoms with Gasteiger partial charge < -0.3 is 9.15 Å². The summed E-state index contributed by atoms with van der Waals surface area (Å²) in [5.41, 5.74) is 2.60. The van der Waals surface area contributed by atoms with Gasteiger partial charge in [-0.3, -0.25) is 0 Å². The highest BCUT2D eigenvalue weighted by Gasteiger charge is 2.17. The SMILES string of the molecule is COc1cccc2cc(-c3nn(-c4ccccc4)cc3C=C(C#N)C#N)oc12. The van der Waals surface area contributed by atoms with Crippen molar-refractivity contribution in [1.82, 2.24) is 9.78 Å². The number of furan rings is 1. The third kappa shape index (κ3) is 3.00. The lowest BCUT2D eigenvalue weighted by atomic mass is 10.1. The molecule has 2 heterocycles. The molecule has 0 unspecified atom stereocenters. The Hall–Kier alpha value is -4.29. The fraction of sp³-hybridized carbons (Fsp3) is 0.0455. The molecule has 0 saturated carbocycles. The number of nitrogens with zero attached hydrogens (tertiary/aromatic N) is 4. The second-order valence-electron chi connectivity index (χ2n) is 5.98. The van der Waals surface area contributed by atoms with E-state index in [1.54, 1.807) is 18.0 Å². The zero-order chi connectivity index (χ0) is 19.5. The maximum atomic E-state index is 9.15. The first kappa shape index (κ1) is 17.1. The Kier molecular flexibility index (Phi) is 4.37. The maximum Gasteiger partial charge on any atom is 0.176 e. The number of para-hydroxylation sites is 2. The van der Waals surface area contributed by atoms with Crippen molar-refractivity contribution >= 4 is 17.0 Å². The second-order valence-corrected chi connectivity index (χ2v) is 5.98. The summed E-state index contributed by atoms with van der Waals surface area (Å²) in [6.45, 7) is 0. The molecule has 6 nitrogen and oxygen atoms in total. The minimum Gasteiger partial charge on any atom is -0.493 e. The van der Waals surface area contributed by atoms with Gasteiger partial charge in [0.2, 0.25) is 0 Å². The van der Waals surface area contributed by atoms with E-state index in [4.69, 9.17) is 19.7 Å². The monoisotopic (exact) mass is 366 g/mol. The second kappa shape index (κ2) is 7.14. The van der Waals surface area contributed by atoms with Gasteiger partial charge in [-0.2, -0.15) is 15.6 Å². The molecule has 2 aromatic heterocycles. The van der Waals surface area contributed by atoms with Gasteiger partial charge in [0.1, 0.15) is 23.4 Å². The molecule has 0 atom stereocenters. The molecule has 0 aliphatic carbocycles. The summed E-state index contributed by atoms with van der Waals surface area (Å²) in [6.07, 6.45) is 3.27. The molecule has 0 bridgehead atoms. The summed E-state index contributed by atoms with van der Waals surface area (Å²) in [5, 5.41) is 23.8. The van der Waals surface area contributed by atoms with Crippen LogP contribution < -0.4 is 4.74 Å². The third-order valence-electron chi connectivity index (χ3n) is 4.27. The van der Waals surface area contributed by atoms with Gasteiger partial charge in [0, 0.05) is 17.1 Å². The molecule has 6 heteroatoms. The molecule has 4 rings (SSSR count). The number of hydrogen-bond donors (Lipinski definition) is 0. The smallest absolute Gasteiger partial charge is 0.176 e. The quantitative estimate of drug-likeness (QED) is 0.487. The Balaban J connectivity index is 1.93. The largest absolute Gasteiger partial charge is 0.493 e. The number of ether oxygens (including phenoxy) is 1. The predicted molar refractivity (Wildman–Crippen MR) is 105 cm³/mol. The first-order valence-corrected chi connectivity index (χ1v) is 8.47. The minimum atomic E-state index is -0.0115. The molecular weight excluding hydrogens is 352 g/mol. The van der Waals surface area contributed by atoms with Gasteiger partial charge in [-0.05, 0) is 30.3 Å². The van der Waals surface area contributed by atoms with Crippen molar-refractivity contribution in [2.45, 2.75) is 0 Å². The van der Waals surface area contributed by atoms with Crippen molar-refractivity contribution in [1.29, 1.82) is 10.5 Å². The van der Waals surface area contributed by atoms with Crippen LogP contribution in [0.25, 0.3) is 34.2 Å². The fourth-order valence-corrected chi connectivity index (χ4v) is 2.96. The van der Waals surface area contributed by atoms with Crippen molar-refractivity contribution in [2.24, 2.45) is 0 Å². The molecule has 0 aliphatic rings. The van der Waals surface area contributed by atoms with Crippen molar-refractivity contribution in [2.75, 3.05) is 7.11 Å². The van der Waals surface area contributed by atoms with Crippen molar-refractivity contribution in [3.8, 4) is 35.0 Å². The van der Waals surface area contributed by atoms with E-state index in [0.717, 1.165) is 11.1 Å². The molecule has 0 saturated heterocycles. The number of allylic oxidation sites excluding steroid dienone is 1. The summed E-state index contributed by atoms with van der Waals surface area (Å²) in [4.78, 5) is 0. The zero-order valence-corrected chi connectivity index (χ0v) is 15.0. The topological polar surface area (TPSA) is 87.8 Å². The van der Waals surface area contributed by atoms with Crippen LogP contribution in [0.5, 0.6) is 5.75 Å². The zero-order valence-electron chi connectivity index (χ0n) is 15.0. The van der Waals surface area contributed by atoms with E-state index >= 15 is 0 Å². The lowest BCUT2D eigenvalue weighted by Crippen LogP contribution is -1.93. The number of benzene rings is 2. The van der Waals surface area contributed by atoms with E-state index in [9.17, 15) is 0 Å². The first-order valence-electron chi connectivity index (χ1n) is 8.47. The van der Waals surface area contributed by atoms with E-state index < -0.39 is 0 Å². The average molecular weight is 366 g/mol. The lowest BCUT2D eigenvalue weighted by Gasteiger charge is -1.99. The van der Waals surface area contributed by atoms with Crippen LogP contribution in [0.2, 0.25) is 0 Å². The molecule has 0 N–H and O–H groups in total. The van der Waals surface area contributed by atoms with Crippen molar-refractivity contribution in [3.05, 3.63) is 71.9 Å². The Bertz CT molecular complexity index is 1250. The van der Waals surface area contributed by atoms with Gasteiger partial charge in [0.05, 0.1) is 12.8 Å². The predicted octanol–water partition coefficient (Wildman–Crippen LogP) is 4.72. The van der Waals surface area contributed by atoms with E-state index in [1.165, 1.54) is 6.08 Å². The van der Waals surface area contributed by atoms with E-state index in [2.05, 4.69) is 5.10 Å². The van der Waals surface area contributed by atoms with E-state index in [1.807, 2.05) is 66.7 Å².